The van der Waals surface area contributed by atoms with Crippen molar-refractivity contribution in [3.05, 3.63) is 22.2 Å². The number of aromatic nitrogens is 2. The summed E-state index contributed by atoms with van der Waals surface area (Å²) in [6, 6.07) is 0. The summed E-state index contributed by atoms with van der Waals surface area (Å²) in [4.78, 5) is 35.8. The van der Waals surface area contributed by atoms with E-state index in [0.717, 1.165) is 5.82 Å². The van der Waals surface area contributed by atoms with Crippen molar-refractivity contribution in [2.45, 2.75) is 25.2 Å². The number of rotatable bonds is 3. The van der Waals surface area contributed by atoms with Gasteiger partial charge in [-0.3, -0.25) is 19.8 Å². The summed E-state index contributed by atoms with van der Waals surface area (Å²) in [5.74, 6) is 1.12. The molecule has 1 aromatic heterocycles. The average molecular weight is 330 g/mol. The zero-order chi connectivity index (χ0) is 15.9. The molecule has 7 N–H and O–H groups in total. The van der Waals surface area contributed by atoms with Crippen LogP contribution in [0, 0.1) is 0 Å². The highest BCUT2D eigenvalue weighted by atomic mass is 31.2. The van der Waals surface area contributed by atoms with Crippen LogP contribution >= 0.6 is 7.60 Å². The molecule has 22 heavy (non-hydrogen) atoms. The zero-order valence-electron chi connectivity index (χ0n) is 11.3. The quantitative estimate of drug-likeness (QED) is 0.386. The molecule has 1 aromatic rings. The van der Waals surface area contributed by atoms with Gasteiger partial charge in [0.15, 0.2) is 11.5 Å². The van der Waals surface area contributed by atoms with E-state index < -0.39 is 25.5 Å². The second-order valence-corrected chi connectivity index (χ2v) is 6.37. The topological polar surface area (TPSA) is 166 Å². The third-order valence-corrected chi connectivity index (χ3v) is 3.82. The second kappa shape index (κ2) is 5.38. The maximum absolute atomic E-state index is 11.7. The van der Waals surface area contributed by atoms with Crippen molar-refractivity contribution in [1.82, 2.24) is 15.5 Å². The number of hydrogen-bond acceptors (Lipinski definition) is 8. The molecule has 12 heteroatoms. The molecule has 11 nitrogen and oxygen atoms in total. The lowest BCUT2D eigenvalue weighted by Crippen LogP contribution is -2.44. The van der Waals surface area contributed by atoms with Crippen LogP contribution in [0.5, 0.6) is 0 Å². The average Bonchev–Trinajstić information content (AvgIpc) is 3.01. The van der Waals surface area contributed by atoms with Crippen LogP contribution in [0.3, 0.4) is 0 Å². The summed E-state index contributed by atoms with van der Waals surface area (Å²) in [7, 11) is -4.21. The highest BCUT2D eigenvalue weighted by Gasteiger charge is 2.35. The van der Waals surface area contributed by atoms with Gasteiger partial charge in [-0.1, -0.05) is 0 Å². The number of hydrazine groups is 2. The molecule has 0 saturated carbocycles. The highest BCUT2D eigenvalue weighted by molar-refractivity contribution is 7.55. The maximum atomic E-state index is 11.7. The second-order valence-electron chi connectivity index (χ2n) is 4.89. The smallest absolute Gasteiger partial charge is 0.348 e. The van der Waals surface area contributed by atoms with E-state index in [1.54, 1.807) is 0 Å². The van der Waals surface area contributed by atoms with E-state index in [1.807, 2.05) is 0 Å². The van der Waals surface area contributed by atoms with Crippen molar-refractivity contribution in [2.75, 3.05) is 16.2 Å². The summed E-state index contributed by atoms with van der Waals surface area (Å²) in [5, 5.41) is 1.52. The predicted molar refractivity (Wildman–Crippen MR) is 77.6 cm³/mol. The minimum Gasteiger partial charge on any atom is -0.369 e. The van der Waals surface area contributed by atoms with E-state index in [4.69, 9.17) is 20.3 Å². The molecular weight excluding hydrogens is 315 g/mol. The Morgan fingerprint density at radius 1 is 1.45 bits per heavy atom. The van der Waals surface area contributed by atoms with Crippen molar-refractivity contribution in [3.63, 3.8) is 0 Å². The van der Waals surface area contributed by atoms with Crippen molar-refractivity contribution in [1.29, 1.82) is 0 Å². The van der Waals surface area contributed by atoms with Crippen molar-refractivity contribution < 1.29 is 19.1 Å². The summed E-state index contributed by atoms with van der Waals surface area (Å²) < 4.78 is 16.5. The molecule has 0 spiro atoms. The fourth-order valence-corrected chi connectivity index (χ4v) is 2.74. The Morgan fingerprint density at radius 3 is 2.95 bits per heavy atom. The standard InChI is InChI=1S/C10H15N6O5P/c11-10-12-8-7(9(17)13-10)14-15-16(8)6-2-1-5(21-6)3-4-22(18,19)20/h3-6,14-15H,1-2H2,(H2,18,19,20)(H3,11,12,13,17)/b4-3+/t5-,6+/m0/s1. The third-order valence-electron chi connectivity index (χ3n) is 3.26. The van der Waals surface area contributed by atoms with Gasteiger partial charge in [0.05, 0.1) is 6.10 Å². The predicted octanol–water partition coefficient (Wildman–Crippen LogP) is -0.800. The van der Waals surface area contributed by atoms with Crippen LogP contribution in [0.2, 0.25) is 0 Å². The van der Waals surface area contributed by atoms with E-state index in [-0.39, 0.29) is 11.6 Å². The first-order valence-electron chi connectivity index (χ1n) is 6.44. The Balaban J connectivity index is 1.75. The highest BCUT2D eigenvalue weighted by Crippen LogP contribution is 2.37. The van der Waals surface area contributed by atoms with Gasteiger partial charge in [0.1, 0.15) is 6.23 Å². The molecule has 2 atom stereocenters. The van der Waals surface area contributed by atoms with E-state index in [9.17, 15) is 9.36 Å². The lowest BCUT2D eigenvalue weighted by molar-refractivity contribution is 0.0639. The van der Waals surface area contributed by atoms with Gasteiger partial charge in [-0.25, -0.2) is 5.01 Å². The number of fused-ring (bicyclic) bond motifs is 1. The number of nitrogen functional groups attached to an aromatic ring is 1. The van der Waals surface area contributed by atoms with Gasteiger partial charge in [0, 0.05) is 5.82 Å². The number of nitrogens with two attached hydrogens (primary N) is 1. The van der Waals surface area contributed by atoms with Crippen LogP contribution in [0.15, 0.2) is 16.7 Å². The van der Waals surface area contributed by atoms with Gasteiger partial charge in [0.2, 0.25) is 5.95 Å². The first kappa shape index (κ1) is 15.0. The Bertz CT molecular complexity index is 714. The molecule has 0 amide bonds. The molecule has 0 bridgehead atoms. The van der Waals surface area contributed by atoms with Gasteiger partial charge in [-0.15, -0.1) is 5.53 Å². The van der Waals surface area contributed by atoms with E-state index >= 15 is 0 Å². The number of H-pyrrole nitrogens is 1. The lowest BCUT2D eigenvalue weighted by atomic mass is 10.2. The van der Waals surface area contributed by atoms with E-state index in [2.05, 4.69) is 20.9 Å². The van der Waals surface area contributed by atoms with Gasteiger partial charge >= 0.3 is 7.60 Å². The number of aromatic amines is 1. The molecule has 2 aliphatic rings. The molecular formula is C10H15N6O5P. The van der Waals surface area contributed by atoms with Gasteiger partial charge in [-0.2, -0.15) is 4.98 Å². The fourth-order valence-electron chi connectivity index (χ4n) is 2.33. The molecule has 3 heterocycles. The van der Waals surface area contributed by atoms with Crippen LogP contribution in [-0.2, 0) is 9.30 Å². The molecule has 2 aliphatic heterocycles. The van der Waals surface area contributed by atoms with Crippen LogP contribution in [-0.4, -0.2) is 32.1 Å². The van der Waals surface area contributed by atoms with Crippen molar-refractivity contribution in [3.8, 4) is 0 Å². The molecule has 1 saturated heterocycles. The monoisotopic (exact) mass is 330 g/mol. The van der Waals surface area contributed by atoms with Gasteiger partial charge < -0.3 is 20.3 Å². The van der Waals surface area contributed by atoms with Gasteiger partial charge in [-0.05, 0) is 18.9 Å². The lowest BCUT2D eigenvalue weighted by Gasteiger charge is -2.23. The first-order valence-corrected chi connectivity index (χ1v) is 8.12. The molecule has 0 aromatic carbocycles. The molecule has 120 valence electrons. The largest absolute Gasteiger partial charge is 0.369 e. The Morgan fingerprint density at radius 2 is 2.23 bits per heavy atom. The van der Waals surface area contributed by atoms with E-state index in [1.165, 1.54) is 11.1 Å². The summed E-state index contributed by atoms with van der Waals surface area (Å²) in [5.41, 5.74) is 10.8. The minimum absolute atomic E-state index is 0.0183. The normalized spacial score (nSPS) is 24.7. The van der Waals surface area contributed by atoms with E-state index in [0.29, 0.717) is 18.7 Å². The van der Waals surface area contributed by atoms with Crippen molar-refractivity contribution in [2.24, 2.45) is 0 Å². The minimum atomic E-state index is -4.21. The summed E-state index contributed by atoms with van der Waals surface area (Å²) >= 11 is 0. The molecule has 0 radical (unpaired) electrons. The Hall–Kier alpha value is -1.91. The molecule has 0 aliphatic carbocycles. The Labute approximate surface area is 124 Å². The summed E-state index contributed by atoms with van der Waals surface area (Å²) in [6.45, 7) is 0. The molecule has 3 rings (SSSR count). The molecule has 0 unspecified atom stereocenters. The first-order chi connectivity index (χ1) is 10.3. The van der Waals surface area contributed by atoms with Crippen LogP contribution in [0.25, 0.3) is 0 Å². The Kier molecular flexibility index (Phi) is 3.67. The number of hydrogen-bond donors (Lipinski definition) is 6. The third kappa shape index (κ3) is 2.98. The van der Waals surface area contributed by atoms with Crippen molar-refractivity contribution >= 4 is 25.0 Å². The summed E-state index contributed by atoms with van der Waals surface area (Å²) in [6.07, 6.45) is 1.62. The van der Waals surface area contributed by atoms with Crippen LogP contribution in [0.4, 0.5) is 17.5 Å². The molecule has 1 fully saturated rings. The van der Waals surface area contributed by atoms with Crippen LogP contribution in [0.1, 0.15) is 12.8 Å². The maximum Gasteiger partial charge on any atom is 0.348 e. The fraction of sp³-hybridized carbons (Fsp3) is 0.400. The van der Waals surface area contributed by atoms with Crippen LogP contribution < -0.4 is 27.3 Å². The SMILES string of the molecule is Nc1nc2c(c(=O)[nH]1)NNN2[C@H]1CC[C@@H](/C=C/P(=O)(O)O)O1. The zero-order valence-corrected chi connectivity index (χ0v) is 12.2. The number of anilines is 3. The number of nitrogens with one attached hydrogen (secondary N) is 3. The van der Waals surface area contributed by atoms with Gasteiger partial charge in [0.25, 0.3) is 5.56 Å². The number of ether oxygens (including phenoxy) is 1. The number of nitrogens with zero attached hydrogens (tertiary/aromatic N) is 2.